The molecule has 2 rings (SSSR count). The maximum absolute atomic E-state index is 5.51. The summed E-state index contributed by atoms with van der Waals surface area (Å²) in [6.45, 7) is 2.57. The van der Waals surface area contributed by atoms with Crippen LogP contribution in [-0.4, -0.2) is 17.0 Å². The van der Waals surface area contributed by atoms with Gasteiger partial charge in [-0.05, 0) is 25.1 Å². The number of aromatic nitrogens is 2. The standard InChI is InChI=1S/C11H15N5O/c1-8-3-4-9(17-8)7-16(2)10-5-6-13-11(14-10)15-12/h3-6H,7,12H2,1-2H3,(H,13,14,15). The zero-order chi connectivity index (χ0) is 12.3. The topological polar surface area (TPSA) is 80.2 Å². The van der Waals surface area contributed by atoms with Gasteiger partial charge in [-0.1, -0.05) is 0 Å². The van der Waals surface area contributed by atoms with Gasteiger partial charge in [0.15, 0.2) is 0 Å². The van der Waals surface area contributed by atoms with Crippen molar-refractivity contribution in [2.24, 2.45) is 5.84 Å². The number of nitrogens with two attached hydrogens (primary N) is 1. The Kier molecular flexibility index (Phi) is 3.24. The Morgan fingerprint density at radius 2 is 2.24 bits per heavy atom. The molecule has 0 saturated carbocycles. The van der Waals surface area contributed by atoms with Crippen molar-refractivity contribution in [1.82, 2.24) is 9.97 Å². The monoisotopic (exact) mass is 233 g/mol. The Hall–Kier alpha value is -2.08. The molecule has 2 aromatic rings. The van der Waals surface area contributed by atoms with Crippen LogP contribution in [-0.2, 0) is 6.54 Å². The average molecular weight is 233 g/mol. The molecular formula is C11H15N5O. The van der Waals surface area contributed by atoms with Crippen LogP contribution in [0.25, 0.3) is 0 Å². The number of furan rings is 1. The van der Waals surface area contributed by atoms with Gasteiger partial charge in [-0.15, -0.1) is 0 Å². The van der Waals surface area contributed by atoms with Crippen LogP contribution in [0.3, 0.4) is 0 Å². The molecule has 0 radical (unpaired) electrons. The van der Waals surface area contributed by atoms with Crippen LogP contribution < -0.4 is 16.2 Å². The summed E-state index contributed by atoms with van der Waals surface area (Å²) in [6, 6.07) is 5.71. The lowest BCUT2D eigenvalue weighted by atomic mass is 10.4. The summed E-state index contributed by atoms with van der Waals surface area (Å²) >= 11 is 0. The molecule has 0 aromatic carbocycles. The first-order chi connectivity index (χ1) is 8.19. The molecule has 0 bridgehead atoms. The van der Waals surface area contributed by atoms with E-state index in [0.29, 0.717) is 12.5 Å². The largest absolute Gasteiger partial charge is 0.464 e. The normalized spacial score (nSPS) is 10.3. The summed E-state index contributed by atoms with van der Waals surface area (Å²) in [5.74, 6) is 8.23. The molecule has 0 saturated heterocycles. The van der Waals surface area contributed by atoms with Crippen molar-refractivity contribution in [2.45, 2.75) is 13.5 Å². The molecule has 0 unspecified atom stereocenters. The van der Waals surface area contributed by atoms with Gasteiger partial charge in [-0.2, -0.15) is 4.98 Å². The van der Waals surface area contributed by atoms with Crippen molar-refractivity contribution in [2.75, 3.05) is 17.4 Å². The van der Waals surface area contributed by atoms with Crippen molar-refractivity contribution in [1.29, 1.82) is 0 Å². The number of nitrogens with one attached hydrogen (secondary N) is 1. The maximum atomic E-state index is 5.51. The van der Waals surface area contributed by atoms with Gasteiger partial charge >= 0.3 is 0 Å². The number of aryl methyl sites for hydroxylation is 1. The summed E-state index contributed by atoms with van der Waals surface area (Å²) in [7, 11) is 1.93. The molecular weight excluding hydrogens is 218 g/mol. The molecule has 2 aromatic heterocycles. The highest BCUT2D eigenvalue weighted by Crippen LogP contribution is 2.14. The number of hydrazine groups is 1. The second-order valence-corrected chi connectivity index (χ2v) is 3.75. The predicted octanol–water partition coefficient (Wildman–Crippen LogP) is 1.30. The first-order valence-corrected chi connectivity index (χ1v) is 5.25. The first kappa shape index (κ1) is 11.4. The zero-order valence-electron chi connectivity index (χ0n) is 9.84. The van der Waals surface area contributed by atoms with E-state index in [-0.39, 0.29) is 0 Å². The Labute approximate surface area is 99.4 Å². The third-order valence-electron chi connectivity index (χ3n) is 2.35. The van der Waals surface area contributed by atoms with E-state index in [1.54, 1.807) is 6.20 Å². The summed E-state index contributed by atoms with van der Waals surface area (Å²) < 4.78 is 5.51. The number of hydrogen-bond donors (Lipinski definition) is 2. The second-order valence-electron chi connectivity index (χ2n) is 3.75. The predicted molar refractivity (Wildman–Crippen MR) is 65.4 cm³/mol. The molecule has 0 amide bonds. The Balaban J connectivity index is 2.11. The summed E-state index contributed by atoms with van der Waals surface area (Å²) in [6.07, 6.45) is 1.65. The highest BCUT2D eigenvalue weighted by Gasteiger charge is 2.07. The van der Waals surface area contributed by atoms with Crippen LogP contribution in [0, 0.1) is 6.92 Å². The van der Waals surface area contributed by atoms with Crippen molar-refractivity contribution in [3.05, 3.63) is 35.9 Å². The van der Waals surface area contributed by atoms with Crippen LogP contribution in [0.2, 0.25) is 0 Å². The molecule has 2 heterocycles. The molecule has 0 aliphatic rings. The van der Waals surface area contributed by atoms with E-state index in [1.807, 2.05) is 37.1 Å². The van der Waals surface area contributed by atoms with Crippen LogP contribution in [0.1, 0.15) is 11.5 Å². The Morgan fingerprint density at radius 1 is 1.41 bits per heavy atom. The van der Waals surface area contributed by atoms with Crippen molar-refractivity contribution >= 4 is 11.8 Å². The van der Waals surface area contributed by atoms with E-state index in [4.69, 9.17) is 10.3 Å². The molecule has 0 aliphatic heterocycles. The molecule has 6 nitrogen and oxygen atoms in total. The minimum atomic E-state index is 0.393. The number of rotatable bonds is 4. The smallest absolute Gasteiger partial charge is 0.239 e. The number of nitrogens with zero attached hydrogens (tertiary/aromatic N) is 3. The first-order valence-electron chi connectivity index (χ1n) is 5.25. The van der Waals surface area contributed by atoms with Crippen molar-refractivity contribution in [3.8, 4) is 0 Å². The molecule has 0 fully saturated rings. The zero-order valence-corrected chi connectivity index (χ0v) is 9.84. The molecule has 90 valence electrons. The minimum Gasteiger partial charge on any atom is -0.464 e. The van der Waals surface area contributed by atoms with Gasteiger partial charge in [0.25, 0.3) is 0 Å². The van der Waals surface area contributed by atoms with Crippen molar-refractivity contribution < 1.29 is 4.42 Å². The highest BCUT2D eigenvalue weighted by atomic mass is 16.3. The Morgan fingerprint density at radius 3 is 2.88 bits per heavy atom. The lowest BCUT2D eigenvalue weighted by Crippen LogP contribution is -2.19. The SMILES string of the molecule is Cc1ccc(CN(C)c2ccnc(NN)n2)o1. The van der Waals surface area contributed by atoms with Gasteiger partial charge in [0.1, 0.15) is 17.3 Å². The number of hydrogen-bond acceptors (Lipinski definition) is 6. The lowest BCUT2D eigenvalue weighted by molar-refractivity contribution is 0.481. The molecule has 17 heavy (non-hydrogen) atoms. The van der Waals surface area contributed by atoms with Gasteiger partial charge < -0.3 is 9.32 Å². The Bertz CT molecular complexity index is 496. The van der Waals surface area contributed by atoms with Crippen LogP contribution in [0.5, 0.6) is 0 Å². The summed E-state index contributed by atoms with van der Waals surface area (Å²) in [5, 5.41) is 0. The highest BCUT2D eigenvalue weighted by molar-refractivity contribution is 5.41. The van der Waals surface area contributed by atoms with Gasteiger partial charge in [0, 0.05) is 13.2 Å². The van der Waals surface area contributed by atoms with E-state index in [0.717, 1.165) is 17.3 Å². The second kappa shape index (κ2) is 4.84. The molecule has 0 spiro atoms. The van der Waals surface area contributed by atoms with Gasteiger partial charge in [0.05, 0.1) is 6.54 Å². The van der Waals surface area contributed by atoms with E-state index in [9.17, 15) is 0 Å². The van der Waals surface area contributed by atoms with E-state index < -0.39 is 0 Å². The fraction of sp³-hybridized carbons (Fsp3) is 0.273. The fourth-order valence-corrected chi connectivity index (χ4v) is 1.52. The number of anilines is 2. The van der Waals surface area contributed by atoms with Crippen LogP contribution >= 0.6 is 0 Å². The summed E-state index contributed by atoms with van der Waals surface area (Å²) in [4.78, 5) is 10.1. The van der Waals surface area contributed by atoms with Gasteiger partial charge in [0.2, 0.25) is 5.95 Å². The maximum Gasteiger partial charge on any atom is 0.239 e. The quantitative estimate of drug-likeness (QED) is 0.612. The number of nitrogen functional groups attached to an aromatic ring is 1. The third-order valence-corrected chi connectivity index (χ3v) is 2.35. The van der Waals surface area contributed by atoms with Crippen LogP contribution in [0.15, 0.2) is 28.8 Å². The minimum absolute atomic E-state index is 0.393. The van der Waals surface area contributed by atoms with E-state index in [1.165, 1.54) is 0 Å². The van der Waals surface area contributed by atoms with Gasteiger partial charge in [-0.3, -0.25) is 5.43 Å². The molecule has 3 N–H and O–H groups in total. The van der Waals surface area contributed by atoms with Crippen LogP contribution in [0.4, 0.5) is 11.8 Å². The molecule has 0 atom stereocenters. The van der Waals surface area contributed by atoms with Crippen molar-refractivity contribution in [3.63, 3.8) is 0 Å². The third kappa shape index (κ3) is 2.73. The average Bonchev–Trinajstić information content (AvgIpc) is 2.75. The summed E-state index contributed by atoms with van der Waals surface area (Å²) in [5.41, 5.74) is 2.42. The van der Waals surface area contributed by atoms with Gasteiger partial charge in [-0.25, -0.2) is 10.8 Å². The van der Waals surface area contributed by atoms with E-state index >= 15 is 0 Å². The van der Waals surface area contributed by atoms with E-state index in [2.05, 4.69) is 15.4 Å². The fourth-order valence-electron chi connectivity index (χ4n) is 1.52. The molecule has 0 aliphatic carbocycles. The lowest BCUT2D eigenvalue weighted by Gasteiger charge is -2.16. The molecule has 6 heteroatoms.